The smallest absolute Gasteiger partial charge is 0.267 e. The highest BCUT2D eigenvalue weighted by atomic mass is 16.1. The number of nitrogens with one attached hydrogen (secondary N) is 2. The molecule has 164 valence electrons. The fourth-order valence-corrected chi connectivity index (χ4v) is 3.88. The number of fused-ring (bicyclic) bond motifs is 2. The van der Waals surface area contributed by atoms with Crippen LogP contribution in [0.4, 0.5) is 0 Å². The Morgan fingerprint density at radius 2 is 1.81 bits per heavy atom. The van der Waals surface area contributed by atoms with Gasteiger partial charge in [-0.15, -0.1) is 0 Å². The van der Waals surface area contributed by atoms with Crippen LogP contribution in [0.15, 0.2) is 59.5 Å². The van der Waals surface area contributed by atoms with Gasteiger partial charge in [-0.25, -0.2) is 4.98 Å². The van der Waals surface area contributed by atoms with Crippen molar-refractivity contribution < 1.29 is 4.79 Å². The molecule has 7 nitrogen and oxygen atoms in total. The van der Waals surface area contributed by atoms with E-state index in [0.29, 0.717) is 23.2 Å². The second-order valence-corrected chi connectivity index (χ2v) is 8.51. The molecule has 1 unspecified atom stereocenters. The van der Waals surface area contributed by atoms with E-state index < -0.39 is 0 Å². The molecule has 0 bridgehead atoms. The predicted molar refractivity (Wildman–Crippen MR) is 125 cm³/mol. The summed E-state index contributed by atoms with van der Waals surface area (Å²) in [6, 6.07) is 14.6. The van der Waals surface area contributed by atoms with Crippen molar-refractivity contribution in [3.8, 4) is 0 Å². The lowest BCUT2D eigenvalue weighted by molar-refractivity contribution is 0.0946. The first-order valence-electron chi connectivity index (χ1n) is 10.7. The van der Waals surface area contributed by atoms with Crippen LogP contribution in [0.25, 0.3) is 16.7 Å². The summed E-state index contributed by atoms with van der Waals surface area (Å²) >= 11 is 0. The second kappa shape index (κ2) is 8.42. The molecule has 7 heteroatoms. The first-order valence-corrected chi connectivity index (χ1v) is 10.7. The first-order chi connectivity index (χ1) is 15.3. The summed E-state index contributed by atoms with van der Waals surface area (Å²) in [5, 5.41) is 12.1. The minimum absolute atomic E-state index is 0.0277. The predicted octanol–water partition coefficient (Wildman–Crippen LogP) is 3.43. The molecule has 0 aliphatic heterocycles. The SMILES string of the molecule is Cc1cccn2c(=O)c3cc(C(=O)NCC(C)C)c(=N)n(C(C)c4ccccc4)c3nc12. The van der Waals surface area contributed by atoms with Gasteiger partial charge in [0.05, 0.1) is 17.0 Å². The average molecular weight is 430 g/mol. The Hall–Kier alpha value is -3.74. The number of hydrogen-bond acceptors (Lipinski definition) is 4. The summed E-state index contributed by atoms with van der Waals surface area (Å²) < 4.78 is 3.18. The minimum atomic E-state index is -0.367. The van der Waals surface area contributed by atoms with Crippen molar-refractivity contribution in [3.63, 3.8) is 0 Å². The molecule has 3 aromatic heterocycles. The van der Waals surface area contributed by atoms with E-state index >= 15 is 0 Å². The Kier molecular flexibility index (Phi) is 5.65. The van der Waals surface area contributed by atoms with Crippen LogP contribution in [0.3, 0.4) is 0 Å². The lowest BCUT2D eigenvalue weighted by Gasteiger charge is -2.21. The molecule has 3 heterocycles. The number of aryl methyl sites for hydroxylation is 1. The molecule has 32 heavy (non-hydrogen) atoms. The van der Waals surface area contributed by atoms with E-state index in [2.05, 4.69) is 5.32 Å². The van der Waals surface area contributed by atoms with E-state index in [4.69, 9.17) is 10.4 Å². The van der Waals surface area contributed by atoms with E-state index in [9.17, 15) is 9.59 Å². The van der Waals surface area contributed by atoms with Crippen molar-refractivity contribution >= 4 is 22.6 Å². The maximum absolute atomic E-state index is 13.4. The minimum Gasteiger partial charge on any atom is -0.352 e. The van der Waals surface area contributed by atoms with Crippen LogP contribution in [-0.2, 0) is 0 Å². The third kappa shape index (κ3) is 3.70. The van der Waals surface area contributed by atoms with Crippen molar-refractivity contribution in [3.05, 3.63) is 87.3 Å². The van der Waals surface area contributed by atoms with E-state index in [1.807, 2.05) is 64.1 Å². The van der Waals surface area contributed by atoms with Crippen LogP contribution >= 0.6 is 0 Å². The lowest BCUT2D eigenvalue weighted by Crippen LogP contribution is -2.37. The van der Waals surface area contributed by atoms with Crippen molar-refractivity contribution in [1.82, 2.24) is 19.3 Å². The highest BCUT2D eigenvalue weighted by molar-refractivity contribution is 5.96. The van der Waals surface area contributed by atoms with Crippen LogP contribution in [0, 0.1) is 18.3 Å². The molecule has 1 aromatic carbocycles. The molecule has 0 saturated carbocycles. The highest BCUT2D eigenvalue weighted by Crippen LogP contribution is 2.21. The van der Waals surface area contributed by atoms with Gasteiger partial charge >= 0.3 is 0 Å². The molecular formula is C25H27N5O2. The maximum atomic E-state index is 13.4. The number of amides is 1. The van der Waals surface area contributed by atoms with Gasteiger partial charge in [0.15, 0.2) is 0 Å². The van der Waals surface area contributed by atoms with Gasteiger partial charge in [-0.2, -0.15) is 0 Å². The van der Waals surface area contributed by atoms with Gasteiger partial charge in [0.2, 0.25) is 0 Å². The Bertz CT molecular complexity index is 1430. The molecule has 0 aliphatic carbocycles. The maximum Gasteiger partial charge on any atom is 0.267 e. The van der Waals surface area contributed by atoms with Crippen molar-refractivity contribution in [1.29, 1.82) is 5.41 Å². The standard InChI is InChI=1S/C25H27N5O2/c1-15(2)14-27-24(31)19-13-20-23(28-22-16(3)9-8-12-29(22)25(20)32)30(21(19)26)17(4)18-10-6-5-7-11-18/h5-13,15,17,26H,14H2,1-4H3,(H,27,31). The topological polar surface area (TPSA) is 92.3 Å². The quantitative estimate of drug-likeness (QED) is 0.476. The van der Waals surface area contributed by atoms with E-state index in [-0.39, 0.29) is 34.5 Å². The van der Waals surface area contributed by atoms with Crippen LogP contribution in [0.1, 0.15) is 48.3 Å². The number of carbonyl (C=O) groups excluding carboxylic acids is 1. The second-order valence-electron chi connectivity index (χ2n) is 8.51. The van der Waals surface area contributed by atoms with Crippen molar-refractivity contribution in [2.24, 2.45) is 5.92 Å². The van der Waals surface area contributed by atoms with Crippen molar-refractivity contribution in [2.45, 2.75) is 33.7 Å². The van der Waals surface area contributed by atoms with Crippen LogP contribution in [0.5, 0.6) is 0 Å². The van der Waals surface area contributed by atoms with E-state index in [0.717, 1.165) is 11.1 Å². The molecule has 0 fully saturated rings. The van der Waals surface area contributed by atoms with E-state index in [1.165, 1.54) is 10.5 Å². The number of carbonyl (C=O) groups is 1. The van der Waals surface area contributed by atoms with Gasteiger partial charge in [-0.1, -0.05) is 50.2 Å². The summed E-state index contributed by atoms with van der Waals surface area (Å²) in [6.45, 7) is 8.34. The number of aromatic nitrogens is 3. The van der Waals surface area contributed by atoms with Crippen LogP contribution in [0.2, 0.25) is 0 Å². The third-order valence-electron chi connectivity index (χ3n) is 5.66. The molecule has 1 atom stereocenters. The summed E-state index contributed by atoms with van der Waals surface area (Å²) in [6.07, 6.45) is 1.68. The molecular weight excluding hydrogens is 402 g/mol. The zero-order chi connectivity index (χ0) is 23.0. The monoisotopic (exact) mass is 429 g/mol. The van der Waals surface area contributed by atoms with Gasteiger partial charge in [-0.05, 0) is 43.0 Å². The molecule has 1 amide bonds. The number of benzene rings is 1. The van der Waals surface area contributed by atoms with Crippen molar-refractivity contribution in [2.75, 3.05) is 6.54 Å². The molecule has 4 aromatic rings. The Morgan fingerprint density at radius 3 is 2.50 bits per heavy atom. The summed E-state index contributed by atoms with van der Waals surface area (Å²) in [5.41, 5.74) is 2.67. The zero-order valence-electron chi connectivity index (χ0n) is 18.7. The first kappa shape index (κ1) is 21.5. The Balaban J connectivity index is 2.07. The third-order valence-corrected chi connectivity index (χ3v) is 5.66. The number of pyridine rings is 2. The highest BCUT2D eigenvalue weighted by Gasteiger charge is 2.21. The van der Waals surface area contributed by atoms with Gasteiger partial charge in [0, 0.05) is 12.7 Å². The summed E-state index contributed by atoms with van der Waals surface area (Å²) in [4.78, 5) is 31.2. The molecule has 0 aliphatic rings. The summed E-state index contributed by atoms with van der Waals surface area (Å²) in [5.74, 6) is -0.100. The Morgan fingerprint density at radius 1 is 1.09 bits per heavy atom. The molecule has 0 spiro atoms. The van der Waals surface area contributed by atoms with E-state index in [1.54, 1.807) is 16.8 Å². The molecule has 4 rings (SSSR count). The Labute approximate surface area is 185 Å². The lowest BCUT2D eigenvalue weighted by atomic mass is 10.1. The fraction of sp³-hybridized carbons (Fsp3) is 0.280. The number of nitrogens with zero attached hydrogens (tertiary/aromatic N) is 3. The van der Waals surface area contributed by atoms with Gasteiger partial charge in [0.1, 0.15) is 16.8 Å². The van der Waals surface area contributed by atoms with Crippen LogP contribution < -0.4 is 16.4 Å². The average Bonchev–Trinajstić information content (AvgIpc) is 2.78. The number of hydrogen-bond donors (Lipinski definition) is 2. The summed E-state index contributed by atoms with van der Waals surface area (Å²) in [7, 11) is 0. The van der Waals surface area contributed by atoms with Gasteiger partial charge in [-0.3, -0.25) is 19.4 Å². The molecule has 0 saturated heterocycles. The molecule has 2 N–H and O–H groups in total. The van der Waals surface area contributed by atoms with Gasteiger partial charge < -0.3 is 9.88 Å². The van der Waals surface area contributed by atoms with Gasteiger partial charge in [0.25, 0.3) is 11.5 Å². The number of rotatable bonds is 5. The fourth-order valence-electron chi connectivity index (χ4n) is 3.88. The zero-order valence-corrected chi connectivity index (χ0v) is 18.7. The van der Waals surface area contributed by atoms with Crippen LogP contribution in [-0.4, -0.2) is 26.4 Å². The normalized spacial score (nSPS) is 12.4. The molecule has 0 radical (unpaired) electrons. The largest absolute Gasteiger partial charge is 0.352 e.